The summed E-state index contributed by atoms with van der Waals surface area (Å²) >= 11 is 1.88. The van der Waals surface area contributed by atoms with Gasteiger partial charge in [-0.25, -0.2) is 4.98 Å². The number of rotatable bonds is 4. The van der Waals surface area contributed by atoms with Gasteiger partial charge in [0.1, 0.15) is 5.01 Å². The van der Waals surface area contributed by atoms with Crippen molar-refractivity contribution in [3.63, 3.8) is 0 Å². The monoisotopic (exact) mass is 332 g/mol. The summed E-state index contributed by atoms with van der Waals surface area (Å²) in [6.07, 6.45) is 5.52. The summed E-state index contributed by atoms with van der Waals surface area (Å²) < 4.78 is 0. The molecule has 5 nitrogen and oxygen atoms in total. The Morgan fingerprint density at radius 1 is 1.35 bits per heavy atom. The molecule has 23 heavy (non-hydrogen) atoms. The highest BCUT2D eigenvalue weighted by Gasteiger charge is 2.32. The predicted octanol–water partition coefficient (Wildman–Crippen LogP) is 2.09. The average molecular weight is 332 g/mol. The number of aryl methyl sites for hydroxylation is 3. The fraction of sp³-hybridized carbons (Fsp3) is 0.647. The number of thiazole rings is 1. The Kier molecular flexibility index (Phi) is 4.22. The van der Waals surface area contributed by atoms with Crippen molar-refractivity contribution in [2.75, 3.05) is 13.1 Å². The summed E-state index contributed by atoms with van der Waals surface area (Å²) in [6.45, 7) is 4.57. The van der Waals surface area contributed by atoms with E-state index in [-0.39, 0.29) is 12.0 Å². The lowest BCUT2D eigenvalue weighted by molar-refractivity contribution is 0.140. The zero-order chi connectivity index (χ0) is 15.8. The number of hydrogen-bond acceptors (Lipinski definition) is 5. The molecule has 2 N–H and O–H groups in total. The highest BCUT2D eigenvalue weighted by atomic mass is 32.1. The van der Waals surface area contributed by atoms with Gasteiger partial charge in [-0.05, 0) is 45.1 Å². The summed E-state index contributed by atoms with van der Waals surface area (Å²) in [7, 11) is 0. The number of aliphatic hydroxyl groups excluding tert-OH is 1. The van der Waals surface area contributed by atoms with E-state index in [1.807, 2.05) is 18.3 Å². The molecule has 4 rings (SSSR count). The third-order valence-electron chi connectivity index (χ3n) is 4.96. The summed E-state index contributed by atoms with van der Waals surface area (Å²) in [5.41, 5.74) is 3.47. The molecule has 1 saturated heterocycles. The normalized spacial score (nSPS) is 25.0. The van der Waals surface area contributed by atoms with E-state index in [0.29, 0.717) is 0 Å². The van der Waals surface area contributed by atoms with Crippen molar-refractivity contribution >= 4 is 11.3 Å². The van der Waals surface area contributed by atoms with Crippen LogP contribution < -0.4 is 0 Å². The number of nitrogens with one attached hydrogen (secondary N) is 1. The third kappa shape index (κ3) is 3.34. The van der Waals surface area contributed by atoms with Gasteiger partial charge in [-0.3, -0.25) is 10.00 Å². The molecule has 2 aromatic rings. The van der Waals surface area contributed by atoms with E-state index in [4.69, 9.17) is 4.98 Å². The minimum absolute atomic E-state index is 0.262. The molecule has 0 unspecified atom stereocenters. The van der Waals surface area contributed by atoms with Crippen LogP contribution in [-0.2, 0) is 25.8 Å². The number of H-pyrrole nitrogens is 1. The predicted molar refractivity (Wildman–Crippen MR) is 90.6 cm³/mol. The molecule has 3 heterocycles. The van der Waals surface area contributed by atoms with Gasteiger partial charge in [0.15, 0.2) is 0 Å². The maximum absolute atomic E-state index is 10.4. The quantitative estimate of drug-likeness (QED) is 0.900. The molecule has 1 aliphatic carbocycles. The highest BCUT2D eigenvalue weighted by molar-refractivity contribution is 7.11. The first-order valence-electron chi connectivity index (χ1n) is 8.56. The highest BCUT2D eigenvalue weighted by Crippen LogP contribution is 2.29. The van der Waals surface area contributed by atoms with Crippen molar-refractivity contribution < 1.29 is 5.11 Å². The van der Waals surface area contributed by atoms with Crippen LogP contribution in [0.1, 0.15) is 39.8 Å². The first kappa shape index (κ1) is 15.3. The van der Waals surface area contributed by atoms with E-state index < -0.39 is 0 Å². The van der Waals surface area contributed by atoms with Crippen molar-refractivity contribution in [1.29, 1.82) is 0 Å². The molecule has 1 fully saturated rings. The Labute approximate surface area is 140 Å². The van der Waals surface area contributed by atoms with Gasteiger partial charge in [0.2, 0.25) is 0 Å². The summed E-state index contributed by atoms with van der Waals surface area (Å²) in [5.74, 6) is 0.271. The van der Waals surface area contributed by atoms with Crippen LogP contribution in [0.15, 0.2) is 6.07 Å². The number of aromatic nitrogens is 3. The molecular weight excluding hydrogens is 308 g/mol. The number of β-amino-alcohol motifs (C(OH)–C–C–N with tert-alkyl or cyclic N) is 1. The van der Waals surface area contributed by atoms with Gasteiger partial charge in [-0.2, -0.15) is 5.10 Å². The Balaban J connectivity index is 1.38. The van der Waals surface area contributed by atoms with E-state index in [1.54, 1.807) is 0 Å². The first-order chi connectivity index (χ1) is 11.2. The fourth-order valence-corrected chi connectivity index (χ4v) is 4.98. The van der Waals surface area contributed by atoms with Gasteiger partial charge in [-0.15, -0.1) is 11.3 Å². The van der Waals surface area contributed by atoms with Crippen LogP contribution in [-0.4, -0.2) is 44.4 Å². The van der Waals surface area contributed by atoms with E-state index in [2.05, 4.69) is 21.2 Å². The number of aromatic amines is 1. The van der Waals surface area contributed by atoms with Crippen LogP contribution in [0.4, 0.5) is 0 Å². The van der Waals surface area contributed by atoms with Crippen LogP contribution in [0.3, 0.4) is 0 Å². The van der Waals surface area contributed by atoms with Gasteiger partial charge in [-0.1, -0.05) is 0 Å². The van der Waals surface area contributed by atoms with Gasteiger partial charge in [0.25, 0.3) is 0 Å². The van der Waals surface area contributed by atoms with Crippen molar-refractivity contribution in [2.24, 2.45) is 5.92 Å². The zero-order valence-corrected chi connectivity index (χ0v) is 14.4. The average Bonchev–Trinajstić information content (AvgIpc) is 3.19. The van der Waals surface area contributed by atoms with Crippen molar-refractivity contribution in [1.82, 2.24) is 20.1 Å². The van der Waals surface area contributed by atoms with Gasteiger partial charge in [0, 0.05) is 29.6 Å². The summed E-state index contributed by atoms with van der Waals surface area (Å²) in [4.78, 5) is 8.67. The molecule has 0 saturated carbocycles. The minimum Gasteiger partial charge on any atom is -0.391 e. The van der Waals surface area contributed by atoms with Crippen LogP contribution >= 0.6 is 11.3 Å². The van der Waals surface area contributed by atoms with E-state index in [9.17, 15) is 5.11 Å². The fourth-order valence-electron chi connectivity index (χ4n) is 3.78. The lowest BCUT2D eigenvalue weighted by Crippen LogP contribution is -2.21. The largest absolute Gasteiger partial charge is 0.391 e. The molecule has 2 aromatic heterocycles. The Hall–Kier alpha value is -1.24. The molecule has 0 amide bonds. The molecule has 124 valence electrons. The Bertz CT molecular complexity index is 656. The molecule has 6 heteroatoms. The number of likely N-dealkylation sites (tertiary alicyclic amines) is 1. The Morgan fingerprint density at radius 2 is 2.22 bits per heavy atom. The summed E-state index contributed by atoms with van der Waals surface area (Å²) in [5, 5.41) is 18.9. The standard InChI is InChI=1S/C17H24N4OS/c1-11-6-13(20-19-11)7-12-8-21(9-15(12)22)10-17-18-14-4-2-3-5-16(14)23-17/h6,12,15,22H,2-5,7-10H2,1H3,(H,19,20)/t12-,15-/m1/s1. The maximum Gasteiger partial charge on any atom is 0.107 e. The molecule has 1 aliphatic heterocycles. The smallest absolute Gasteiger partial charge is 0.107 e. The van der Waals surface area contributed by atoms with Gasteiger partial charge < -0.3 is 5.11 Å². The molecule has 2 atom stereocenters. The molecular formula is C17H24N4OS. The van der Waals surface area contributed by atoms with Crippen LogP contribution in [0.2, 0.25) is 0 Å². The van der Waals surface area contributed by atoms with Crippen LogP contribution in [0.25, 0.3) is 0 Å². The van der Waals surface area contributed by atoms with Crippen molar-refractivity contribution in [2.45, 2.75) is 51.7 Å². The minimum atomic E-state index is -0.262. The number of hydrogen-bond donors (Lipinski definition) is 2. The van der Waals surface area contributed by atoms with Crippen LogP contribution in [0.5, 0.6) is 0 Å². The van der Waals surface area contributed by atoms with E-state index in [0.717, 1.165) is 43.9 Å². The van der Waals surface area contributed by atoms with Crippen molar-refractivity contribution in [3.8, 4) is 0 Å². The first-order valence-corrected chi connectivity index (χ1v) is 9.38. The lowest BCUT2D eigenvalue weighted by atomic mass is 10.0. The lowest BCUT2D eigenvalue weighted by Gasteiger charge is -2.13. The molecule has 0 bridgehead atoms. The number of aliphatic hydroxyl groups is 1. The van der Waals surface area contributed by atoms with Crippen molar-refractivity contribution in [3.05, 3.63) is 33.0 Å². The van der Waals surface area contributed by atoms with Gasteiger partial charge in [0.05, 0.1) is 24.0 Å². The molecule has 0 radical (unpaired) electrons. The number of fused-ring (bicyclic) bond motifs is 1. The second-order valence-corrected chi connectivity index (χ2v) is 8.12. The maximum atomic E-state index is 10.4. The Morgan fingerprint density at radius 3 is 3.00 bits per heavy atom. The molecule has 0 spiro atoms. The number of nitrogens with zero attached hydrogens (tertiary/aromatic N) is 3. The third-order valence-corrected chi connectivity index (χ3v) is 6.10. The van der Waals surface area contributed by atoms with Gasteiger partial charge >= 0.3 is 0 Å². The van der Waals surface area contributed by atoms with Crippen LogP contribution in [0, 0.1) is 12.8 Å². The zero-order valence-electron chi connectivity index (χ0n) is 13.6. The SMILES string of the molecule is Cc1cc(C[C@@H]2CN(Cc3nc4c(s3)CCCC4)C[C@H]2O)n[nH]1. The second-order valence-electron chi connectivity index (χ2n) is 6.95. The van der Waals surface area contributed by atoms with E-state index >= 15 is 0 Å². The summed E-state index contributed by atoms with van der Waals surface area (Å²) in [6, 6.07) is 2.07. The topological polar surface area (TPSA) is 65.0 Å². The molecule has 0 aromatic carbocycles. The second kappa shape index (κ2) is 6.34. The van der Waals surface area contributed by atoms with E-state index in [1.165, 1.54) is 34.8 Å². The molecule has 2 aliphatic rings.